The molecule has 0 amide bonds. The molecule has 2 aromatic rings. The maximum Gasteiger partial charge on any atom is 0.303 e. The van der Waals surface area contributed by atoms with Crippen molar-refractivity contribution < 1.29 is 24.2 Å². The van der Waals surface area contributed by atoms with E-state index in [1.807, 2.05) is 30.3 Å². The largest absolute Gasteiger partial charge is 0.483 e. The quantitative estimate of drug-likeness (QED) is 0.225. The van der Waals surface area contributed by atoms with E-state index >= 15 is 0 Å². The van der Waals surface area contributed by atoms with Crippen LogP contribution >= 0.6 is 0 Å². The third kappa shape index (κ3) is 7.89. The molecule has 1 unspecified atom stereocenters. The molecule has 0 saturated carbocycles. The molecule has 0 aliphatic carbocycles. The number of hydrogen-bond donors (Lipinski definition) is 3. The lowest BCUT2D eigenvalue weighted by Gasteiger charge is -2.17. The van der Waals surface area contributed by atoms with Crippen molar-refractivity contribution in [3.05, 3.63) is 54.6 Å². The van der Waals surface area contributed by atoms with Crippen LogP contribution in [0.3, 0.4) is 0 Å². The fraction of sp³-hybridized carbons (Fsp3) is 0.250. The molecule has 1 atom stereocenters. The minimum atomic E-state index is -0.995. The summed E-state index contributed by atoms with van der Waals surface area (Å²) in [5.74, 6) is 6.21. The van der Waals surface area contributed by atoms with Crippen molar-refractivity contribution in [2.45, 2.75) is 25.9 Å². The molecule has 0 aliphatic heterocycles. The standard InChI is InChI=1S/C20H24N4O5/c1-14(18(25)13-24(22)23-19(21)11-12-20(26)27)28-16-7-9-17(10-8-16)29-15-5-3-2-4-6-15/h2-10,14H,11-13,22H2,1H3,(H2,21,23)(H,26,27). The van der Waals surface area contributed by atoms with Crippen LogP contribution in [0.15, 0.2) is 59.7 Å². The number of hydrazine groups is 1. The Bertz CT molecular complexity index is 840. The van der Waals surface area contributed by atoms with Gasteiger partial charge in [-0.05, 0) is 43.3 Å². The minimum Gasteiger partial charge on any atom is -0.483 e. The summed E-state index contributed by atoms with van der Waals surface area (Å²) in [5.41, 5.74) is 5.58. The number of carboxylic acids is 1. The van der Waals surface area contributed by atoms with Gasteiger partial charge in [0.15, 0.2) is 11.9 Å². The predicted molar refractivity (Wildman–Crippen MR) is 107 cm³/mol. The molecule has 154 valence electrons. The van der Waals surface area contributed by atoms with E-state index < -0.39 is 12.1 Å². The van der Waals surface area contributed by atoms with Crippen LogP contribution in [0, 0.1) is 0 Å². The zero-order chi connectivity index (χ0) is 21.2. The van der Waals surface area contributed by atoms with Crippen LogP contribution in [0.2, 0.25) is 0 Å². The second-order valence-electron chi connectivity index (χ2n) is 6.20. The number of ketones is 1. The molecule has 29 heavy (non-hydrogen) atoms. The molecule has 0 saturated heterocycles. The molecule has 0 aliphatic rings. The lowest BCUT2D eigenvalue weighted by atomic mass is 10.2. The zero-order valence-corrected chi connectivity index (χ0v) is 16.0. The van der Waals surface area contributed by atoms with Gasteiger partial charge in [-0.1, -0.05) is 18.2 Å². The molecule has 9 nitrogen and oxygen atoms in total. The van der Waals surface area contributed by atoms with Gasteiger partial charge in [-0.3, -0.25) is 9.59 Å². The third-order valence-electron chi connectivity index (χ3n) is 3.74. The lowest BCUT2D eigenvalue weighted by molar-refractivity contribution is -0.136. The Labute approximate surface area is 168 Å². The summed E-state index contributed by atoms with van der Waals surface area (Å²) in [7, 11) is 0. The van der Waals surface area contributed by atoms with Crippen molar-refractivity contribution in [2.24, 2.45) is 16.7 Å². The van der Waals surface area contributed by atoms with Gasteiger partial charge in [-0.25, -0.2) is 11.0 Å². The van der Waals surface area contributed by atoms with Crippen LogP contribution in [-0.2, 0) is 9.59 Å². The Kier molecular flexibility index (Phi) is 7.99. The third-order valence-corrected chi connectivity index (χ3v) is 3.74. The number of para-hydroxylation sites is 1. The van der Waals surface area contributed by atoms with Gasteiger partial charge < -0.3 is 20.3 Å². The second-order valence-corrected chi connectivity index (χ2v) is 6.20. The van der Waals surface area contributed by atoms with Crippen molar-refractivity contribution in [1.29, 1.82) is 0 Å². The summed E-state index contributed by atoms with van der Waals surface area (Å²) in [5, 5.41) is 13.3. The van der Waals surface area contributed by atoms with Crippen LogP contribution in [0.25, 0.3) is 0 Å². The van der Waals surface area contributed by atoms with E-state index in [0.29, 0.717) is 11.5 Å². The van der Waals surface area contributed by atoms with Gasteiger partial charge in [0.2, 0.25) is 0 Å². The van der Waals surface area contributed by atoms with Gasteiger partial charge in [0, 0.05) is 6.42 Å². The molecule has 0 fully saturated rings. The molecule has 2 rings (SSSR count). The number of amidine groups is 1. The molecular formula is C20H24N4O5. The summed E-state index contributed by atoms with van der Waals surface area (Å²) in [6.07, 6.45) is -0.890. The van der Waals surface area contributed by atoms with Crippen LogP contribution < -0.4 is 21.1 Å². The number of carbonyl (C=O) groups excluding carboxylic acids is 1. The minimum absolute atomic E-state index is 0.0327. The van der Waals surface area contributed by atoms with Crippen molar-refractivity contribution in [3.8, 4) is 17.2 Å². The van der Waals surface area contributed by atoms with E-state index in [4.69, 9.17) is 26.2 Å². The number of Topliss-reactive ketones (excluding diaryl/α,β-unsaturated/α-hetero) is 1. The molecule has 0 aromatic heterocycles. The Morgan fingerprint density at radius 2 is 1.62 bits per heavy atom. The molecule has 2 aromatic carbocycles. The van der Waals surface area contributed by atoms with Gasteiger partial charge in [0.1, 0.15) is 29.6 Å². The van der Waals surface area contributed by atoms with Crippen molar-refractivity contribution >= 4 is 17.6 Å². The van der Waals surface area contributed by atoms with Crippen LogP contribution in [0.4, 0.5) is 0 Å². The first-order valence-corrected chi connectivity index (χ1v) is 8.93. The molecule has 0 spiro atoms. The Balaban J connectivity index is 1.84. The maximum atomic E-state index is 12.2. The predicted octanol–water partition coefficient (Wildman–Crippen LogP) is 2.13. The number of benzene rings is 2. The Morgan fingerprint density at radius 3 is 2.24 bits per heavy atom. The number of rotatable bonds is 11. The number of nitrogens with zero attached hydrogens (tertiary/aromatic N) is 2. The van der Waals surface area contributed by atoms with Crippen molar-refractivity contribution in [2.75, 3.05) is 6.54 Å². The first kappa shape index (κ1) is 21.7. The molecule has 9 heteroatoms. The van der Waals surface area contributed by atoms with E-state index in [-0.39, 0.29) is 31.0 Å². The van der Waals surface area contributed by atoms with Gasteiger partial charge in [-0.15, -0.1) is 5.10 Å². The summed E-state index contributed by atoms with van der Waals surface area (Å²) in [6.45, 7) is 1.37. The summed E-state index contributed by atoms with van der Waals surface area (Å²) >= 11 is 0. The van der Waals surface area contributed by atoms with E-state index in [1.165, 1.54) is 0 Å². The van der Waals surface area contributed by atoms with Crippen LogP contribution in [-0.4, -0.2) is 40.5 Å². The summed E-state index contributed by atoms with van der Waals surface area (Å²) < 4.78 is 11.3. The fourth-order valence-corrected chi connectivity index (χ4v) is 2.25. The Morgan fingerprint density at radius 1 is 1.03 bits per heavy atom. The van der Waals surface area contributed by atoms with E-state index in [2.05, 4.69) is 5.10 Å². The van der Waals surface area contributed by atoms with Crippen molar-refractivity contribution in [1.82, 2.24) is 5.12 Å². The van der Waals surface area contributed by atoms with Gasteiger partial charge in [0.05, 0.1) is 6.42 Å². The van der Waals surface area contributed by atoms with E-state index in [1.54, 1.807) is 31.2 Å². The molecule has 5 N–H and O–H groups in total. The first-order chi connectivity index (χ1) is 13.8. The highest BCUT2D eigenvalue weighted by Gasteiger charge is 2.17. The number of carbonyl (C=O) groups is 2. The monoisotopic (exact) mass is 400 g/mol. The molecular weight excluding hydrogens is 376 g/mol. The number of aliphatic carboxylic acids is 1. The van der Waals surface area contributed by atoms with Crippen LogP contribution in [0.5, 0.6) is 17.2 Å². The first-order valence-electron chi connectivity index (χ1n) is 8.93. The Hall–Kier alpha value is -3.59. The number of hydrogen-bond acceptors (Lipinski definition) is 7. The molecule has 0 heterocycles. The highest BCUT2D eigenvalue weighted by molar-refractivity contribution is 5.86. The van der Waals surface area contributed by atoms with Crippen LogP contribution in [0.1, 0.15) is 19.8 Å². The summed E-state index contributed by atoms with van der Waals surface area (Å²) in [6, 6.07) is 16.2. The highest BCUT2D eigenvalue weighted by atomic mass is 16.5. The average molecular weight is 400 g/mol. The smallest absolute Gasteiger partial charge is 0.303 e. The number of nitrogens with two attached hydrogens (primary N) is 2. The summed E-state index contributed by atoms with van der Waals surface area (Å²) in [4.78, 5) is 22.7. The highest BCUT2D eigenvalue weighted by Crippen LogP contribution is 2.24. The van der Waals surface area contributed by atoms with Gasteiger partial charge >= 0.3 is 5.97 Å². The van der Waals surface area contributed by atoms with E-state index in [9.17, 15) is 9.59 Å². The van der Waals surface area contributed by atoms with E-state index in [0.717, 1.165) is 10.9 Å². The maximum absolute atomic E-state index is 12.2. The van der Waals surface area contributed by atoms with Crippen molar-refractivity contribution in [3.63, 3.8) is 0 Å². The molecule has 0 bridgehead atoms. The number of ether oxygens (including phenoxy) is 2. The number of carboxylic acid groups (broad SMARTS) is 1. The SMILES string of the molecule is CC(Oc1ccc(Oc2ccccc2)cc1)C(=O)CN(N)/N=C(\N)CCC(=O)O. The average Bonchev–Trinajstić information content (AvgIpc) is 2.68. The van der Waals surface area contributed by atoms with Gasteiger partial charge in [0.25, 0.3) is 0 Å². The normalized spacial score (nSPS) is 12.1. The van der Waals surface area contributed by atoms with Gasteiger partial charge in [-0.2, -0.15) is 0 Å². The topological polar surface area (TPSA) is 140 Å². The zero-order valence-electron chi connectivity index (χ0n) is 16.0. The molecule has 0 radical (unpaired) electrons. The fourth-order valence-electron chi connectivity index (χ4n) is 2.25. The lowest BCUT2D eigenvalue weighted by Crippen LogP contribution is -2.39. The second kappa shape index (κ2) is 10.7. The number of hydrazone groups is 1.